The SMILES string of the molecule is C=CC(=C)c1ccc(C(=O)OC)cc1. The summed E-state index contributed by atoms with van der Waals surface area (Å²) < 4.78 is 4.58. The van der Waals surface area contributed by atoms with Gasteiger partial charge in [-0.05, 0) is 23.3 Å². The molecule has 0 aliphatic rings. The van der Waals surface area contributed by atoms with Crippen molar-refractivity contribution in [2.45, 2.75) is 0 Å². The van der Waals surface area contributed by atoms with Gasteiger partial charge in [-0.2, -0.15) is 0 Å². The van der Waals surface area contributed by atoms with Crippen molar-refractivity contribution in [1.29, 1.82) is 0 Å². The molecule has 0 saturated carbocycles. The van der Waals surface area contributed by atoms with Crippen LogP contribution < -0.4 is 0 Å². The van der Waals surface area contributed by atoms with Crippen molar-refractivity contribution >= 4 is 11.5 Å². The zero-order chi connectivity index (χ0) is 10.6. The molecule has 0 saturated heterocycles. The Kier molecular flexibility index (Phi) is 3.24. The summed E-state index contributed by atoms with van der Waals surface area (Å²) in [5.41, 5.74) is 2.32. The maximum Gasteiger partial charge on any atom is 0.337 e. The van der Waals surface area contributed by atoms with Gasteiger partial charge in [0.25, 0.3) is 0 Å². The smallest absolute Gasteiger partial charge is 0.337 e. The van der Waals surface area contributed by atoms with Crippen LogP contribution in [0.25, 0.3) is 5.57 Å². The summed E-state index contributed by atoms with van der Waals surface area (Å²) in [6.45, 7) is 7.42. The Morgan fingerprint density at radius 2 is 1.79 bits per heavy atom. The van der Waals surface area contributed by atoms with Gasteiger partial charge < -0.3 is 4.74 Å². The molecule has 0 atom stereocenters. The van der Waals surface area contributed by atoms with E-state index in [9.17, 15) is 4.79 Å². The van der Waals surface area contributed by atoms with E-state index < -0.39 is 0 Å². The molecule has 0 bridgehead atoms. The molecular formula is C12H12O2. The first-order valence-corrected chi connectivity index (χ1v) is 4.19. The molecule has 0 amide bonds. The van der Waals surface area contributed by atoms with E-state index in [2.05, 4.69) is 17.9 Å². The Hall–Kier alpha value is -1.83. The van der Waals surface area contributed by atoms with Crippen LogP contribution in [0.1, 0.15) is 15.9 Å². The molecule has 0 heterocycles. The highest BCUT2D eigenvalue weighted by Gasteiger charge is 2.04. The maximum atomic E-state index is 11.1. The second kappa shape index (κ2) is 4.42. The fourth-order valence-electron chi connectivity index (χ4n) is 1.06. The lowest BCUT2D eigenvalue weighted by atomic mass is 10.1. The number of esters is 1. The Labute approximate surface area is 83.5 Å². The third-order valence-electron chi connectivity index (χ3n) is 1.92. The van der Waals surface area contributed by atoms with Gasteiger partial charge in [0.15, 0.2) is 0 Å². The second-order valence-electron chi connectivity index (χ2n) is 2.80. The molecule has 1 rings (SSSR count). The zero-order valence-electron chi connectivity index (χ0n) is 8.12. The molecule has 0 unspecified atom stereocenters. The topological polar surface area (TPSA) is 26.3 Å². The van der Waals surface area contributed by atoms with Crippen LogP contribution in [-0.4, -0.2) is 13.1 Å². The molecule has 1 aromatic rings. The van der Waals surface area contributed by atoms with Crippen LogP contribution >= 0.6 is 0 Å². The first-order valence-electron chi connectivity index (χ1n) is 4.19. The second-order valence-corrected chi connectivity index (χ2v) is 2.80. The van der Waals surface area contributed by atoms with Crippen LogP contribution in [0.4, 0.5) is 0 Å². The van der Waals surface area contributed by atoms with Gasteiger partial charge in [0.1, 0.15) is 0 Å². The van der Waals surface area contributed by atoms with Crippen LogP contribution in [-0.2, 0) is 4.74 Å². The van der Waals surface area contributed by atoms with Gasteiger partial charge in [0.05, 0.1) is 12.7 Å². The van der Waals surface area contributed by atoms with Crippen molar-refractivity contribution in [3.05, 3.63) is 54.6 Å². The first-order chi connectivity index (χ1) is 6.69. The van der Waals surface area contributed by atoms with E-state index in [1.807, 2.05) is 12.1 Å². The first kappa shape index (κ1) is 10.3. The molecule has 0 aromatic heterocycles. The van der Waals surface area contributed by atoms with E-state index in [0.717, 1.165) is 11.1 Å². The minimum atomic E-state index is -0.333. The fourth-order valence-corrected chi connectivity index (χ4v) is 1.06. The summed E-state index contributed by atoms with van der Waals surface area (Å²) in [7, 11) is 1.36. The Bertz CT molecular complexity index is 360. The van der Waals surface area contributed by atoms with Crippen LogP contribution in [0, 0.1) is 0 Å². The molecule has 0 N–H and O–H groups in total. The predicted octanol–water partition coefficient (Wildman–Crippen LogP) is 2.67. The predicted molar refractivity (Wildman–Crippen MR) is 57.0 cm³/mol. The van der Waals surface area contributed by atoms with Gasteiger partial charge in [-0.3, -0.25) is 0 Å². The summed E-state index contributed by atoms with van der Waals surface area (Å²) in [5, 5.41) is 0. The number of rotatable bonds is 3. The fraction of sp³-hybridized carbons (Fsp3) is 0.0833. The quantitative estimate of drug-likeness (QED) is 0.538. The average Bonchev–Trinajstić information content (AvgIpc) is 2.27. The molecule has 0 radical (unpaired) electrons. The van der Waals surface area contributed by atoms with E-state index in [4.69, 9.17) is 0 Å². The molecule has 0 aliphatic heterocycles. The van der Waals surface area contributed by atoms with Crippen LogP contribution in [0.3, 0.4) is 0 Å². The average molecular weight is 188 g/mol. The molecule has 14 heavy (non-hydrogen) atoms. The monoisotopic (exact) mass is 188 g/mol. The summed E-state index contributed by atoms with van der Waals surface area (Å²) in [4.78, 5) is 11.1. The van der Waals surface area contributed by atoms with Gasteiger partial charge >= 0.3 is 5.97 Å². The van der Waals surface area contributed by atoms with Gasteiger partial charge in [-0.25, -0.2) is 4.79 Å². The number of carbonyl (C=O) groups excluding carboxylic acids is 1. The largest absolute Gasteiger partial charge is 0.465 e. The highest BCUT2D eigenvalue weighted by Crippen LogP contribution is 2.14. The normalized spacial score (nSPS) is 9.21. The lowest BCUT2D eigenvalue weighted by Crippen LogP contribution is -2.00. The van der Waals surface area contributed by atoms with Crippen molar-refractivity contribution in [1.82, 2.24) is 0 Å². The Balaban J connectivity index is 2.94. The molecule has 0 aliphatic carbocycles. The number of ether oxygens (including phenoxy) is 1. The standard InChI is InChI=1S/C12H12O2/c1-4-9(2)10-5-7-11(8-6-10)12(13)14-3/h4-8H,1-2H2,3H3. The molecule has 1 aromatic carbocycles. The van der Waals surface area contributed by atoms with Crippen molar-refractivity contribution in [3.8, 4) is 0 Å². The highest BCUT2D eigenvalue weighted by atomic mass is 16.5. The number of hydrogen-bond acceptors (Lipinski definition) is 2. The van der Waals surface area contributed by atoms with Crippen molar-refractivity contribution in [2.75, 3.05) is 7.11 Å². The summed E-state index contributed by atoms with van der Waals surface area (Å²) in [5.74, 6) is -0.333. The van der Waals surface area contributed by atoms with E-state index >= 15 is 0 Å². The van der Waals surface area contributed by atoms with Crippen LogP contribution in [0.15, 0.2) is 43.5 Å². The molecule has 72 valence electrons. The van der Waals surface area contributed by atoms with Gasteiger partial charge in [0, 0.05) is 0 Å². The minimum Gasteiger partial charge on any atom is -0.465 e. The molecule has 0 spiro atoms. The van der Waals surface area contributed by atoms with E-state index in [0.29, 0.717) is 5.56 Å². The highest BCUT2D eigenvalue weighted by molar-refractivity contribution is 5.89. The number of allylic oxidation sites excluding steroid dienone is 2. The third-order valence-corrected chi connectivity index (χ3v) is 1.92. The van der Waals surface area contributed by atoms with Crippen molar-refractivity contribution in [2.24, 2.45) is 0 Å². The molecular weight excluding hydrogens is 176 g/mol. The molecule has 0 fully saturated rings. The van der Waals surface area contributed by atoms with Gasteiger partial charge in [0.2, 0.25) is 0 Å². The number of carbonyl (C=O) groups is 1. The van der Waals surface area contributed by atoms with Crippen LogP contribution in [0.5, 0.6) is 0 Å². The minimum absolute atomic E-state index is 0.333. The van der Waals surface area contributed by atoms with E-state index in [-0.39, 0.29) is 5.97 Å². The summed E-state index contributed by atoms with van der Waals surface area (Å²) in [6.07, 6.45) is 1.67. The van der Waals surface area contributed by atoms with Crippen molar-refractivity contribution in [3.63, 3.8) is 0 Å². The van der Waals surface area contributed by atoms with E-state index in [1.165, 1.54) is 7.11 Å². The molecule has 2 heteroatoms. The number of benzene rings is 1. The number of methoxy groups -OCH3 is 1. The lowest BCUT2D eigenvalue weighted by Gasteiger charge is -2.02. The summed E-state index contributed by atoms with van der Waals surface area (Å²) in [6, 6.07) is 7.04. The zero-order valence-corrected chi connectivity index (χ0v) is 8.12. The maximum absolute atomic E-state index is 11.1. The van der Waals surface area contributed by atoms with Gasteiger partial charge in [-0.1, -0.05) is 31.4 Å². The van der Waals surface area contributed by atoms with Crippen LogP contribution in [0.2, 0.25) is 0 Å². The van der Waals surface area contributed by atoms with Crippen molar-refractivity contribution < 1.29 is 9.53 Å². The molecule has 2 nitrogen and oxygen atoms in total. The summed E-state index contributed by atoms with van der Waals surface area (Å²) >= 11 is 0. The Morgan fingerprint density at radius 1 is 1.29 bits per heavy atom. The van der Waals surface area contributed by atoms with E-state index in [1.54, 1.807) is 18.2 Å². The van der Waals surface area contributed by atoms with Gasteiger partial charge in [-0.15, -0.1) is 0 Å². The Morgan fingerprint density at radius 3 is 2.21 bits per heavy atom. The third kappa shape index (κ3) is 2.10. The lowest BCUT2D eigenvalue weighted by molar-refractivity contribution is 0.0601. The number of hydrogen-bond donors (Lipinski definition) is 0.